The molecule has 2 N–H and O–H groups in total. The van der Waals surface area contributed by atoms with Crippen LogP contribution in [-0.2, 0) is 29.3 Å². The summed E-state index contributed by atoms with van der Waals surface area (Å²) in [5.74, 6) is 3.48. The molecule has 0 spiro atoms. The van der Waals surface area contributed by atoms with Gasteiger partial charge in [0.2, 0.25) is 0 Å². The summed E-state index contributed by atoms with van der Waals surface area (Å²) in [5, 5.41) is 4.07. The average Bonchev–Trinajstić information content (AvgIpc) is 3.35. The van der Waals surface area contributed by atoms with E-state index in [4.69, 9.17) is 26.7 Å². The number of oxime groups is 1. The summed E-state index contributed by atoms with van der Waals surface area (Å²) in [5.41, 5.74) is 13.4. The number of piperidine rings is 1. The monoisotopic (exact) mass is 580 g/mol. The number of benzene rings is 2. The van der Waals surface area contributed by atoms with Crippen LogP contribution in [-0.4, -0.2) is 52.5 Å². The van der Waals surface area contributed by atoms with Crippen LogP contribution in [0, 0.1) is 25.2 Å². The van der Waals surface area contributed by atoms with Gasteiger partial charge in [-0.05, 0) is 94.2 Å². The Hall–Kier alpha value is -4.68. The van der Waals surface area contributed by atoms with E-state index in [0.29, 0.717) is 25.3 Å². The molecule has 2 heterocycles. The van der Waals surface area contributed by atoms with E-state index in [0.717, 1.165) is 70.9 Å². The van der Waals surface area contributed by atoms with Crippen LogP contribution in [0.15, 0.2) is 70.6 Å². The highest BCUT2D eigenvalue weighted by molar-refractivity contribution is 5.94. The number of hydrogen-bond acceptors (Lipinski definition) is 8. The molecular formula is C34H40N6O3. The maximum atomic E-state index is 12.2. The first-order valence-corrected chi connectivity index (χ1v) is 14.4. The predicted molar refractivity (Wildman–Crippen MR) is 172 cm³/mol. The van der Waals surface area contributed by atoms with Crippen LogP contribution < -0.4 is 5.73 Å². The Morgan fingerprint density at radius 1 is 1.23 bits per heavy atom. The first-order chi connectivity index (χ1) is 20.8. The van der Waals surface area contributed by atoms with Gasteiger partial charge in [-0.2, -0.15) is 0 Å². The summed E-state index contributed by atoms with van der Waals surface area (Å²) in [4.78, 5) is 29.5. The molecule has 1 aliphatic rings. The molecule has 224 valence electrons. The lowest BCUT2D eigenvalue weighted by atomic mass is 9.93. The number of aryl methyl sites for hydroxylation is 1. The second-order valence-electron chi connectivity index (χ2n) is 10.7. The van der Waals surface area contributed by atoms with Gasteiger partial charge in [-0.15, -0.1) is 6.42 Å². The third-order valence-corrected chi connectivity index (χ3v) is 7.64. The minimum atomic E-state index is -0.370. The highest BCUT2D eigenvalue weighted by Gasteiger charge is 2.23. The van der Waals surface area contributed by atoms with Crippen molar-refractivity contribution in [3.8, 4) is 12.3 Å². The van der Waals surface area contributed by atoms with Crippen molar-refractivity contribution in [3.63, 3.8) is 0 Å². The van der Waals surface area contributed by atoms with Gasteiger partial charge in [0.25, 0.3) is 0 Å². The van der Waals surface area contributed by atoms with Gasteiger partial charge >= 0.3 is 5.97 Å². The van der Waals surface area contributed by atoms with E-state index in [1.165, 1.54) is 7.11 Å². The largest absolute Gasteiger partial charge is 0.465 e. The number of likely N-dealkylation sites (tertiary alicyclic amines) is 1. The van der Waals surface area contributed by atoms with Crippen LogP contribution >= 0.6 is 0 Å². The molecule has 0 atom stereocenters. The van der Waals surface area contributed by atoms with Crippen molar-refractivity contribution < 1.29 is 14.4 Å². The molecule has 0 amide bonds. The van der Waals surface area contributed by atoms with Crippen LogP contribution in [0.4, 0.5) is 0 Å². The van der Waals surface area contributed by atoms with Crippen molar-refractivity contribution in [3.05, 3.63) is 88.5 Å². The van der Waals surface area contributed by atoms with Gasteiger partial charge in [-0.25, -0.2) is 9.78 Å². The summed E-state index contributed by atoms with van der Waals surface area (Å²) in [7, 11) is 1.39. The molecule has 2 aromatic carbocycles. The standard InChI is InChI=1S/C34H40N6O3/c1-6-15-36-25(4)21-40-32-20-28(34(41)42-5)10-11-31(32)38-33(40)22-39-17-13-27(14-18-39)30(35)12-16-37-43-23-29-9-8-26(7-2)19-24(29)3/h2,6,8-12,15-16,19-20,27H,13-14,17-18,21-23,35H2,1,3-5H3/b15-6-,30-12-,36-25?,37-16+. The van der Waals surface area contributed by atoms with E-state index in [9.17, 15) is 4.79 Å². The Morgan fingerprint density at radius 3 is 2.72 bits per heavy atom. The van der Waals surface area contributed by atoms with E-state index >= 15 is 0 Å². The minimum Gasteiger partial charge on any atom is -0.465 e. The number of imidazole rings is 1. The Kier molecular flexibility index (Phi) is 10.9. The molecule has 4 rings (SSSR count). The second-order valence-corrected chi connectivity index (χ2v) is 10.7. The lowest BCUT2D eigenvalue weighted by Gasteiger charge is -2.32. The number of hydrogen-bond donors (Lipinski definition) is 1. The Labute approximate surface area is 253 Å². The van der Waals surface area contributed by atoms with Crippen molar-refractivity contribution >= 4 is 28.9 Å². The zero-order chi connectivity index (χ0) is 30.8. The number of carbonyl (C=O) groups is 1. The molecule has 0 bridgehead atoms. The fourth-order valence-electron chi connectivity index (χ4n) is 5.16. The van der Waals surface area contributed by atoms with E-state index < -0.39 is 0 Å². The predicted octanol–water partition coefficient (Wildman–Crippen LogP) is 5.36. The number of nitrogens with zero attached hydrogens (tertiary/aromatic N) is 5. The summed E-state index contributed by atoms with van der Waals surface area (Å²) in [6.45, 7) is 9.35. The maximum Gasteiger partial charge on any atom is 0.337 e. The number of aromatic nitrogens is 2. The van der Waals surface area contributed by atoms with Crippen molar-refractivity contribution in [2.24, 2.45) is 21.8 Å². The second kappa shape index (κ2) is 15.0. The summed E-state index contributed by atoms with van der Waals surface area (Å²) < 4.78 is 7.08. The smallest absolute Gasteiger partial charge is 0.337 e. The molecule has 1 aromatic heterocycles. The van der Waals surface area contributed by atoms with Crippen LogP contribution in [0.2, 0.25) is 0 Å². The van der Waals surface area contributed by atoms with Crippen LogP contribution in [0.5, 0.6) is 0 Å². The Morgan fingerprint density at radius 2 is 2.02 bits per heavy atom. The van der Waals surface area contributed by atoms with E-state index in [1.807, 2.05) is 63.3 Å². The zero-order valence-corrected chi connectivity index (χ0v) is 25.4. The number of rotatable bonds is 11. The molecule has 0 unspecified atom stereocenters. The molecule has 43 heavy (non-hydrogen) atoms. The van der Waals surface area contributed by atoms with E-state index in [-0.39, 0.29) is 11.9 Å². The van der Waals surface area contributed by atoms with Crippen LogP contribution in [0.1, 0.15) is 59.6 Å². The zero-order valence-electron chi connectivity index (χ0n) is 25.4. The normalized spacial score (nSPS) is 15.4. The van der Waals surface area contributed by atoms with Crippen LogP contribution in [0.25, 0.3) is 11.0 Å². The Balaban J connectivity index is 1.37. The molecular weight excluding hydrogens is 540 g/mol. The number of fused-ring (bicyclic) bond motifs is 1. The minimum absolute atomic E-state index is 0.276. The molecule has 0 radical (unpaired) electrons. The number of esters is 1. The molecule has 0 aliphatic carbocycles. The molecule has 3 aromatic rings. The molecule has 1 aliphatic heterocycles. The molecule has 1 fully saturated rings. The summed E-state index contributed by atoms with van der Waals surface area (Å²) in [6, 6.07) is 11.3. The molecule has 0 saturated carbocycles. The fourth-order valence-corrected chi connectivity index (χ4v) is 5.16. The Bertz CT molecular complexity index is 1600. The number of aliphatic imine (C=N–C) groups is 1. The van der Waals surface area contributed by atoms with Gasteiger partial charge < -0.3 is 19.9 Å². The number of carbonyl (C=O) groups excluding carboxylic acids is 1. The van der Waals surface area contributed by atoms with E-state index in [2.05, 4.69) is 25.5 Å². The van der Waals surface area contributed by atoms with Crippen molar-refractivity contribution in [2.45, 2.75) is 53.3 Å². The van der Waals surface area contributed by atoms with Gasteiger partial charge in [0, 0.05) is 29.1 Å². The lowest BCUT2D eigenvalue weighted by molar-refractivity contribution is 0.0601. The maximum absolute atomic E-state index is 12.2. The third-order valence-electron chi connectivity index (χ3n) is 7.64. The quantitative estimate of drug-likeness (QED) is 0.142. The lowest BCUT2D eigenvalue weighted by Crippen LogP contribution is -2.35. The topological polar surface area (TPSA) is 107 Å². The number of ether oxygens (including phenoxy) is 1. The van der Waals surface area contributed by atoms with Gasteiger partial charge in [-0.1, -0.05) is 23.2 Å². The number of nitrogens with two attached hydrogens (primary N) is 1. The highest BCUT2D eigenvalue weighted by atomic mass is 16.6. The van der Waals surface area contributed by atoms with Gasteiger partial charge in [-0.3, -0.25) is 9.89 Å². The van der Waals surface area contributed by atoms with E-state index in [1.54, 1.807) is 18.5 Å². The van der Waals surface area contributed by atoms with Crippen LogP contribution in [0.3, 0.4) is 0 Å². The summed E-state index contributed by atoms with van der Waals surface area (Å²) in [6.07, 6.45) is 14.5. The first kappa shape index (κ1) is 31.3. The fraction of sp³-hybridized carbons (Fsp3) is 0.353. The third kappa shape index (κ3) is 8.21. The van der Waals surface area contributed by atoms with Crippen molar-refractivity contribution in [1.29, 1.82) is 0 Å². The van der Waals surface area contributed by atoms with Gasteiger partial charge in [0.1, 0.15) is 12.4 Å². The summed E-state index contributed by atoms with van der Waals surface area (Å²) >= 11 is 0. The number of allylic oxidation sites excluding steroid dienone is 3. The molecule has 9 nitrogen and oxygen atoms in total. The van der Waals surface area contributed by atoms with Crippen molar-refractivity contribution in [1.82, 2.24) is 14.5 Å². The average molecular weight is 581 g/mol. The SMILES string of the molecule is C#Cc1ccc(CO/N=C/C=C(\N)C2CCN(Cc3nc4ccc(C(=O)OC)cc4n3CC(C)=N/C=C\C)CC2)c(C)c1. The van der Waals surface area contributed by atoms with Gasteiger partial charge in [0.15, 0.2) is 0 Å². The number of methoxy groups -OCH3 is 1. The first-order valence-electron chi connectivity index (χ1n) is 14.4. The number of terminal acetylenes is 1. The van der Waals surface area contributed by atoms with Gasteiger partial charge in [0.05, 0.1) is 43.0 Å². The molecule has 9 heteroatoms. The van der Waals surface area contributed by atoms with Crippen molar-refractivity contribution in [2.75, 3.05) is 20.2 Å². The molecule has 1 saturated heterocycles. The highest BCUT2D eigenvalue weighted by Crippen LogP contribution is 2.25.